The molecule has 2 heterocycles. The maximum absolute atomic E-state index is 12.4. The van der Waals surface area contributed by atoms with Gasteiger partial charge in [0, 0.05) is 28.3 Å². The fraction of sp³-hybridized carbons (Fsp3) is 0. The molecule has 29 heavy (non-hydrogen) atoms. The van der Waals surface area contributed by atoms with Gasteiger partial charge in [-0.3, -0.25) is 14.9 Å². The normalized spacial score (nSPS) is 14.4. The largest absolute Gasteiger partial charge is 0.493 e. The minimum Gasteiger partial charge on any atom is -0.493 e. The van der Waals surface area contributed by atoms with E-state index in [4.69, 9.17) is 11.6 Å². The van der Waals surface area contributed by atoms with Crippen molar-refractivity contribution in [3.63, 3.8) is 0 Å². The first-order valence-corrected chi connectivity index (χ1v) is 9.42. The van der Waals surface area contributed by atoms with E-state index in [9.17, 15) is 20.0 Å². The topological polar surface area (TPSA) is 110 Å². The number of benzene rings is 2. The smallest absolute Gasteiger partial charge is 0.315 e. The van der Waals surface area contributed by atoms with Crippen molar-refractivity contribution < 1.29 is 10.0 Å². The Hall–Kier alpha value is -3.56. The number of aromatic nitrogens is 1. The molecule has 0 bridgehead atoms. The lowest BCUT2D eigenvalue weighted by Gasteiger charge is -2.04. The van der Waals surface area contributed by atoms with E-state index in [2.05, 4.69) is 10.2 Å². The van der Waals surface area contributed by atoms with Crippen LogP contribution in [-0.2, 0) is 0 Å². The van der Waals surface area contributed by atoms with Crippen LogP contribution < -0.4 is 4.87 Å². The van der Waals surface area contributed by atoms with E-state index >= 15 is 0 Å². The molecule has 0 saturated carbocycles. The highest BCUT2D eigenvalue weighted by atomic mass is 35.5. The number of thiazole rings is 1. The second-order valence-electron chi connectivity index (χ2n) is 5.97. The molecule has 0 unspecified atom stereocenters. The van der Waals surface area contributed by atoms with Crippen LogP contribution in [0.2, 0.25) is 5.02 Å². The summed E-state index contributed by atoms with van der Waals surface area (Å²) in [7, 11) is 0. The third kappa shape index (κ3) is 3.60. The van der Waals surface area contributed by atoms with Crippen LogP contribution >= 0.6 is 22.9 Å². The van der Waals surface area contributed by atoms with Crippen LogP contribution in [0.15, 0.2) is 69.1 Å². The average Bonchev–Trinajstić information content (AvgIpc) is 3.27. The Morgan fingerprint density at radius 1 is 1.21 bits per heavy atom. The molecule has 1 N–H and O–H groups in total. The molecule has 0 aliphatic carbocycles. The number of hydrogen-bond acceptors (Lipinski definition) is 7. The van der Waals surface area contributed by atoms with Crippen molar-refractivity contribution >= 4 is 46.6 Å². The van der Waals surface area contributed by atoms with Gasteiger partial charge in [0.05, 0.1) is 21.7 Å². The van der Waals surface area contributed by atoms with Gasteiger partial charge in [-0.1, -0.05) is 35.1 Å². The number of halogens is 1. The summed E-state index contributed by atoms with van der Waals surface area (Å²) in [6, 6.07) is 12.5. The standard InChI is InChI=1S/C19H11ClN4O4S/c20-13-4-6-14(7-5-13)23-18(25)16(29-19(23)26)9-12-10-21-22-17(12)11-2-1-3-15(8-11)24(27)28/h1-10,25H/b12-9-. The van der Waals surface area contributed by atoms with Gasteiger partial charge < -0.3 is 5.11 Å². The molecule has 0 saturated heterocycles. The minimum absolute atomic E-state index is 0.0714. The SMILES string of the molecule is O=c1sc(/C=C2/C=NN=C2c2cccc([N+](=O)[O-])c2)c(O)n1-c1ccc(Cl)cc1. The maximum atomic E-state index is 12.4. The highest BCUT2D eigenvalue weighted by Gasteiger charge is 2.19. The van der Waals surface area contributed by atoms with Crippen molar-refractivity contribution in [2.45, 2.75) is 0 Å². The minimum atomic E-state index is -0.493. The number of hydrogen-bond donors (Lipinski definition) is 1. The Balaban J connectivity index is 1.74. The van der Waals surface area contributed by atoms with Gasteiger partial charge >= 0.3 is 4.87 Å². The zero-order valence-electron chi connectivity index (χ0n) is 14.5. The Bertz CT molecular complexity index is 1270. The Morgan fingerprint density at radius 3 is 2.69 bits per heavy atom. The predicted octanol–water partition coefficient (Wildman–Crippen LogP) is 4.04. The number of nitro benzene ring substituents is 1. The van der Waals surface area contributed by atoms with Crippen molar-refractivity contribution in [3.05, 3.63) is 89.3 Å². The van der Waals surface area contributed by atoms with E-state index in [1.54, 1.807) is 42.5 Å². The molecule has 1 aliphatic heterocycles. The summed E-state index contributed by atoms with van der Waals surface area (Å²) in [6.45, 7) is 0. The molecule has 0 amide bonds. The first-order chi connectivity index (χ1) is 13.9. The van der Waals surface area contributed by atoms with Gasteiger partial charge in [0.1, 0.15) is 5.71 Å². The van der Waals surface area contributed by atoms with E-state index in [1.165, 1.54) is 22.9 Å². The summed E-state index contributed by atoms with van der Waals surface area (Å²) in [5, 5.41) is 30.0. The van der Waals surface area contributed by atoms with Crippen LogP contribution in [0, 0.1) is 10.1 Å². The molecule has 0 radical (unpaired) electrons. The summed E-state index contributed by atoms with van der Waals surface area (Å²) >= 11 is 6.73. The molecule has 1 aliphatic rings. The molecule has 4 rings (SSSR count). The van der Waals surface area contributed by atoms with Gasteiger partial charge in [0.2, 0.25) is 5.88 Å². The van der Waals surface area contributed by atoms with Crippen molar-refractivity contribution in [2.24, 2.45) is 10.2 Å². The summed E-state index contributed by atoms with van der Waals surface area (Å²) in [4.78, 5) is 22.9. The number of rotatable bonds is 4. The van der Waals surface area contributed by atoms with Crippen LogP contribution in [0.3, 0.4) is 0 Å². The fourth-order valence-electron chi connectivity index (χ4n) is 2.80. The Kier molecular flexibility index (Phi) is 4.83. The quantitative estimate of drug-likeness (QED) is 0.501. The lowest BCUT2D eigenvalue weighted by atomic mass is 10.0. The number of nitrogens with zero attached hydrogens (tertiary/aromatic N) is 4. The highest BCUT2D eigenvalue weighted by Crippen LogP contribution is 2.28. The van der Waals surface area contributed by atoms with E-state index in [0.29, 0.717) is 32.4 Å². The van der Waals surface area contributed by atoms with Gasteiger partial charge in [0.15, 0.2) is 0 Å². The third-order valence-electron chi connectivity index (χ3n) is 4.14. The first kappa shape index (κ1) is 18.8. The Morgan fingerprint density at radius 2 is 1.97 bits per heavy atom. The lowest BCUT2D eigenvalue weighted by Crippen LogP contribution is -2.09. The molecule has 10 heteroatoms. The zero-order chi connectivity index (χ0) is 20.5. The second-order valence-corrected chi connectivity index (χ2v) is 7.40. The number of non-ortho nitro benzene ring substituents is 1. The number of nitro groups is 1. The predicted molar refractivity (Wildman–Crippen MR) is 113 cm³/mol. The van der Waals surface area contributed by atoms with Crippen LogP contribution in [0.25, 0.3) is 11.8 Å². The van der Waals surface area contributed by atoms with Crippen molar-refractivity contribution in [2.75, 3.05) is 0 Å². The molecule has 3 aromatic rings. The van der Waals surface area contributed by atoms with Crippen LogP contribution in [0.1, 0.15) is 10.4 Å². The molecule has 8 nitrogen and oxygen atoms in total. The monoisotopic (exact) mass is 426 g/mol. The van der Waals surface area contributed by atoms with Crippen LogP contribution in [-0.4, -0.2) is 26.5 Å². The summed E-state index contributed by atoms with van der Waals surface area (Å²) in [6.07, 6.45) is 3.03. The number of aromatic hydroxyl groups is 1. The summed E-state index contributed by atoms with van der Waals surface area (Å²) in [5.41, 5.74) is 1.84. The van der Waals surface area contributed by atoms with Gasteiger partial charge in [-0.2, -0.15) is 5.10 Å². The zero-order valence-corrected chi connectivity index (χ0v) is 16.1. The van der Waals surface area contributed by atoms with Crippen LogP contribution in [0.4, 0.5) is 5.69 Å². The maximum Gasteiger partial charge on any atom is 0.315 e. The van der Waals surface area contributed by atoms with Crippen molar-refractivity contribution in [1.29, 1.82) is 0 Å². The van der Waals surface area contributed by atoms with E-state index in [0.717, 1.165) is 11.3 Å². The number of allylic oxidation sites excluding steroid dienone is 1. The molecule has 1 aromatic heterocycles. The van der Waals surface area contributed by atoms with Gasteiger partial charge in [0.25, 0.3) is 5.69 Å². The molecule has 0 atom stereocenters. The van der Waals surface area contributed by atoms with Crippen molar-refractivity contribution in [1.82, 2.24) is 4.57 Å². The molecule has 2 aromatic carbocycles. The van der Waals surface area contributed by atoms with E-state index in [1.807, 2.05) is 0 Å². The average molecular weight is 427 g/mol. The molecule has 144 valence electrons. The lowest BCUT2D eigenvalue weighted by molar-refractivity contribution is -0.384. The second kappa shape index (κ2) is 7.46. The molecular weight excluding hydrogens is 416 g/mol. The van der Waals surface area contributed by atoms with Crippen LogP contribution in [0.5, 0.6) is 5.88 Å². The van der Waals surface area contributed by atoms with E-state index in [-0.39, 0.29) is 16.4 Å². The fourth-order valence-corrected chi connectivity index (χ4v) is 3.77. The highest BCUT2D eigenvalue weighted by molar-refractivity contribution is 7.10. The summed E-state index contributed by atoms with van der Waals surface area (Å²) < 4.78 is 1.17. The van der Waals surface area contributed by atoms with E-state index < -0.39 is 4.92 Å². The van der Waals surface area contributed by atoms with Gasteiger partial charge in [-0.05, 0) is 30.3 Å². The molecular formula is C19H11ClN4O4S. The third-order valence-corrected chi connectivity index (χ3v) is 5.27. The van der Waals surface area contributed by atoms with Crippen molar-refractivity contribution in [3.8, 4) is 11.6 Å². The molecule has 0 spiro atoms. The molecule has 0 fully saturated rings. The Labute approximate surface area is 172 Å². The van der Waals surface area contributed by atoms with Gasteiger partial charge in [-0.25, -0.2) is 4.57 Å². The first-order valence-electron chi connectivity index (χ1n) is 8.23. The van der Waals surface area contributed by atoms with Gasteiger partial charge in [-0.15, -0.1) is 5.10 Å². The summed E-state index contributed by atoms with van der Waals surface area (Å²) in [5.74, 6) is -0.228.